The number of hydrogen-bond donors (Lipinski definition) is 2. The Morgan fingerprint density at radius 2 is 1.79 bits per heavy atom. The first kappa shape index (κ1) is 19.8. The number of amides is 1. The highest BCUT2D eigenvalue weighted by atomic mass is 32.2. The van der Waals surface area contributed by atoms with Crippen molar-refractivity contribution in [3.05, 3.63) is 48.0 Å². The molecule has 0 radical (unpaired) electrons. The Balaban J connectivity index is 1.50. The molecular weight excluding hydrogens is 406 g/mol. The number of fused-ring (bicyclic) bond motifs is 1. The van der Waals surface area contributed by atoms with E-state index in [4.69, 9.17) is 0 Å². The van der Waals surface area contributed by atoms with Gasteiger partial charge in [0.05, 0.1) is 20.8 Å². The fraction of sp³-hybridized carbons (Fsp3) is 0.333. The fourth-order valence-electron chi connectivity index (χ4n) is 3.55. The second-order valence-electron chi connectivity index (χ2n) is 7.44. The van der Waals surface area contributed by atoms with Gasteiger partial charge >= 0.3 is 0 Å². The zero-order chi connectivity index (χ0) is 20.4. The fourth-order valence-corrected chi connectivity index (χ4v) is 5.50. The lowest BCUT2D eigenvalue weighted by Gasteiger charge is -2.19. The molecule has 2 N–H and O–H groups in total. The Labute approximate surface area is 174 Å². The molecule has 8 heteroatoms. The van der Waals surface area contributed by atoms with Crippen LogP contribution in [0.3, 0.4) is 0 Å². The number of anilines is 2. The van der Waals surface area contributed by atoms with Crippen LogP contribution in [0.2, 0.25) is 0 Å². The maximum absolute atomic E-state index is 12.6. The van der Waals surface area contributed by atoms with E-state index >= 15 is 0 Å². The summed E-state index contributed by atoms with van der Waals surface area (Å²) in [4.78, 5) is 17.1. The molecule has 0 saturated heterocycles. The van der Waals surface area contributed by atoms with Gasteiger partial charge in [-0.25, -0.2) is 13.4 Å². The van der Waals surface area contributed by atoms with Crippen molar-refractivity contribution in [2.24, 2.45) is 5.92 Å². The van der Waals surface area contributed by atoms with Crippen LogP contribution in [-0.2, 0) is 14.8 Å². The van der Waals surface area contributed by atoms with Gasteiger partial charge in [0, 0.05) is 5.92 Å². The number of nitrogens with zero attached hydrogens (tertiary/aromatic N) is 1. The maximum atomic E-state index is 12.6. The number of thiazole rings is 1. The van der Waals surface area contributed by atoms with E-state index in [9.17, 15) is 13.2 Å². The highest BCUT2D eigenvalue weighted by molar-refractivity contribution is 7.92. The molecule has 1 amide bonds. The third-order valence-corrected chi connectivity index (χ3v) is 7.51. The lowest BCUT2D eigenvalue weighted by molar-refractivity contribution is -0.120. The van der Waals surface area contributed by atoms with Crippen LogP contribution >= 0.6 is 11.3 Å². The monoisotopic (exact) mass is 429 g/mol. The number of hydrogen-bond acceptors (Lipinski definition) is 5. The van der Waals surface area contributed by atoms with Crippen molar-refractivity contribution in [3.8, 4) is 0 Å². The lowest BCUT2D eigenvalue weighted by atomic mass is 9.89. The van der Waals surface area contributed by atoms with Gasteiger partial charge in [0.25, 0.3) is 10.0 Å². The first-order valence-corrected chi connectivity index (χ1v) is 12.0. The van der Waals surface area contributed by atoms with Crippen LogP contribution < -0.4 is 10.0 Å². The van der Waals surface area contributed by atoms with Crippen molar-refractivity contribution in [3.63, 3.8) is 0 Å². The van der Waals surface area contributed by atoms with Gasteiger partial charge in [0.15, 0.2) is 5.13 Å². The number of carbonyl (C=O) groups is 1. The lowest BCUT2D eigenvalue weighted by Crippen LogP contribution is -2.24. The molecule has 0 atom stereocenters. The standard InChI is InChI=1S/C21H23N3O3S2/c1-14-7-10-17(11-8-14)29(26,27)24-16-9-12-18-19(13-16)28-21(22-18)23-20(25)15-5-3-2-4-6-15/h7-13,15,24H,2-6H2,1H3,(H,22,23,25). The van der Waals surface area contributed by atoms with Crippen molar-refractivity contribution in [2.45, 2.75) is 43.9 Å². The summed E-state index contributed by atoms with van der Waals surface area (Å²) in [6, 6.07) is 11.9. The van der Waals surface area contributed by atoms with E-state index in [0.29, 0.717) is 10.8 Å². The highest BCUT2D eigenvalue weighted by Crippen LogP contribution is 2.31. The number of nitrogens with one attached hydrogen (secondary N) is 2. The van der Waals surface area contributed by atoms with E-state index in [-0.39, 0.29) is 16.7 Å². The van der Waals surface area contributed by atoms with E-state index in [2.05, 4.69) is 15.0 Å². The zero-order valence-electron chi connectivity index (χ0n) is 16.1. The molecular formula is C21H23N3O3S2. The molecule has 0 unspecified atom stereocenters. The number of carbonyl (C=O) groups excluding carboxylic acids is 1. The highest BCUT2D eigenvalue weighted by Gasteiger charge is 2.22. The summed E-state index contributed by atoms with van der Waals surface area (Å²) in [6.07, 6.45) is 5.26. The van der Waals surface area contributed by atoms with Crippen LogP contribution in [0.4, 0.5) is 10.8 Å². The molecule has 0 aliphatic heterocycles. The largest absolute Gasteiger partial charge is 0.302 e. The van der Waals surface area contributed by atoms with Crippen molar-refractivity contribution in [2.75, 3.05) is 10.0 Å². The minimum absolute atomic E-state index is 0.0315. The zero-order valence-corrected chi connectivity index (χ0v) is 17.8. The van der Waals surface area contributed by atoms with Crippen LogP contribution in [0, 0.1) is 12.8 Å². The first-order valence-electron chi connectivity index (χ1n) is 9.72. The first-order chi connectivity index (χ1) is 13.9. The minimum Gasteiger partial charge on any atom is -0.302 e. The Hall–Kier alpha value is -2.45. The Morgan fingerprint density at radius 1 is 1.07 bits per heavy atom. The number of benzene rings is 2. The summed E-state index contributed by atoms with van der Waals surface area (Å²) in [6.45, 7) is 1.91. The Morgan fingerprint density at radius 3 is 2.52 bits per heavy atom. The molecule has 0 spiro atoms. The normalized spacial score (nSPS) is 15.3. The molecule has 1 heterocycles. The molecule has 2 aromatic carbocycles. The van der Waals surface area contributed by atoms with Gasteiger partial charge in [-0.15, -0.1) is 0 Å². The summed E-state index contributed by atoms with van der Waals surface area (Å²) in [7, 11) is -3.66. The topological polar surface area (TPSA) is 88.2 Å². The van der Waals surface area contributed by atoms with Gasteiger partial charge in [-0.1, -0.05) is 48.3 Å². The van der Waals surface area contributed by atoms with E-state index in [1.54, 1.807) is 42.5 Å². The molecule has 1 saturated carbocycles. The van der Waals surface area contributed by atoms with Crippen molar-refractivity contribution in [1.29, 1.82) is 0 Å². The average molecular weight is 430 g/mol. The smallest absolute Gasteiger partial charge is 0.261 e. The third-order valence-electron chi connectivity index (χ3n) is 5.18. The average Bonchev–Trinajstić information content (AvgIpc) is 3.10. The van der Waals surface area contributed by atoms with Gasteiger partial charge < -0.3 is 5.32 Å². The number of aryl methyl sites for hydroxylation is 1. The summed E-state index contributed by atoms with van der Waals surface area (Å²) in [5.74, 6) is 0.0942. The second kappa shape index (κ2) is 8.12. The van der Waals surface area contributed by atoms with Gasteiger partial charge in [-0.2, -0.15) is 0 Å². The molecule has 1 aliphatic carbocycles. The second-order valence-corrected chi connectivity index (χ2v) is 10.2. The number of aromatic nitrogens is 1. The third kappa shape index (κ3) is 4.59. The molecule has 4 rings (SSSR count). The summed E-state index contributed by atoms with van der Waals surface area (Å²) < 4.78 is 28.6. The van der Waals surface area contributed by atoms with Crippen LogP contribution in [0.1, 0.15) is 37.7 Å². The quantitative estimate of drug-likeness (QED) is 0.602. The predicted octanol–water partition coefficient (Wildman–Crippen LogP) is 4.92. The molecule has 1 fully saturated rings. The molecule has 6 nitrogen and oxygen atoms in total. The SMILES string of the molecule is Cc1ccc(S(=O)(=O)Nc2ccc3nc(NC(=O)C4CCCCC4)sc3c2)cc1. The van der Waals surface area contributed by atoms with Crippen molar-refractivity contribution < 1.29 is 13.2 Å². The summed E-state index contributed by atoms with van der Waals surface area (Å²) in [5.41, 5.74) is 2.19. The maximum Gasteiger partial charge on any atom is 0.261 e. The van der Waals surface area contributed by atoms with Crippen molar-refractivity contribution in [1.82, 2.24) is 4.98 Å². The molecule has 3 aromatic rings. The predicted molar refractivity (Wildman–Crippen MR) is 117 cm³/mol. The van der Waals surface area contributed by atoms with E-state index in [1.807, 2.05) is 6.92 Å². The summed E-state index contributed by atoms with van der Waals surface area (Å²) in [5, 5.41) is 3.48. The Kier molecular flexibility index (Phi) is 5.56. The van der Waals surface area contributed by atoms with E-state index in [0.717, 1.165) is 41.5 Å². The van der Waals surface area contributed by atoms with Gasteiger partial charge in [0.2, 0.25) is 5.91 Å². The molecule has 29 heavy (non-hydrogen) atoms. The van der Waals surface area contributed by atoms with Crippen LogP contribution in [0.15, 0.2) is 47.4 Å². The van der Waals surface area contributed by atoms with Gasteiger partial charge in [-0.3, -0.25) is 9.52 Å². The molecule has 0 bridgehead atoms. The van der Waals surface area contributed by atoms with Crippen LogP contribution in [0.25, 0.3) is 10.2 Å². The van der Waals surface area contributed by atoms with Crippen LogP contribution in [-0.4, -0.2) is 19.3 Å². The van der Waals surface area contributed by atoms with E-state index in [1.165, 1.54) is 17.8 Å². The number of sulfonamides is 1. The number of rotatable bonds is 5. The van der Waals surface area contributed by atoms with Gasteiger partial charge in [0.1, 0.15) is 0 Å². The molecule has 1 aliphatic rings. The minimum atomic E-state index is -3.66. The molecule has 1 aromatic heterocycles. The van der Waals surface area contributed by atoms with Gasteiger partial charge in [-0.05, 0) is 50.1 Å². The summed E-state index contributed by atoms with van der Waals surface area (Å²) >= 11 is 1.35. The Bertz CT molecular complexity index is 1130. The molecule has 152 valence electrons. The van der Waals surface area contributed by atoms with Crippen LogP contribution in [0.5, 0.6) is 0 Å². The van der Waals surface area contributed by atoms with Crippen molar-refractivity contribution >= 4 is 48.3 Å². The van der Waals surface area contributed by atoms with E-state index < -0.39 is 10.0 Å².